The van der Waals surface area contributed by atoms with Crippen LogP contribution in [0, 0.1) is 0 Å². The summed E-state index contributed by atoms with van der Waals surface area (Å²) in [6.45, 7) is 3.79. The number of benzene rings is 1. The van der Waals surface area contributed by atoms with Gasteiger partial charge in [0.05, 0.1) is 7.11 Å². The molecule has 0 fully saturated rings. The number of rotatable bonds is 5. The lowest BCUT2D eigenvalue weighted by Crippen LogP contribution is -2.36. The predicted octanol–water partition coefficient (Wildman–Crippen LogP) is 2.28. The van der Waals surface area contributed by atoms with Gasteiger partial charge in [0, 0.05) is 29.9 Å². The van der Waals surface area contributed by atoms with Gasteiger partial charge in [-0.1, -0.05) is 6.08 Å². The van der Waals surface area contributed by atoms with Crippen molar-refractivity contribution in [2.45, 2.75) is 19.3 Å². The molecule has 0 atom stereocenters. The summed E-state index contributed by atoms with van der Waals surface area (Å²) in [5.74, 6) is 0.0937. The van der Waals surface area contributed by atoms with E-state index in [1.54, 1.807) is 31.4 Å². The summed E-state index contributed by atoms with van der Waals surface area (Å²) in [4.78, 5) is 37.8. The number of fused-ring (bicyclic) bond motifs is 1. The number of Topliss-reactive ketones (excluding diaryl/α,β-unsaturated/α-hetero) is 1. The Kier molecular flexibility index (Phi) is 5.02. The van der Waals surface area contributed by atoms with Crippen LogP contribution in [0.4, 0.5) is 0 Å². The largest absolute Gasteiger partial charge is 0.497 e. The maximum Gasteiger partial charge on any atom is 0.268 e. The normalized spacial score (nSPS) is 13.0. The Morgan fingerprint density at radius 3 is 2.65 bits per heavy atom. The van der Waals surface area contributed by atoms with E-state index in [0.29, 0.717) is 42.0 Å². The van der Waals surface area contributed by atoms with Crippen molar-refractivity contribution in [2.75, 3.05) is 13.7 Å². The second-order valence-electron chi connectivity index (χ2n) is 6.03. The van der Waals surface area contributed by atoms with Gasteiger partial charge in [-0.2, -0.15) is 0 Å². The molecule has 134 valence electrons. The van der Waals surface area contributed by atoms with E-state index in [2.05, 4.69) is 11.9 Å². The highest BCUT2D eigenvalue weighted by atomic mass is 16.5. The number of pyridine rings is 1. The standard InChI is InChI=1S/C20H20N2O4/c1-3-11-21-19(24)16-12-15-17(5-4-6-18(15)23)22(20(16)25)13-7-9-14(26-2)10-8-13/h3,7-10,12H,1,4-6,11H2,2H3,(H,21,24). The van der Waals surface area contributed by atoms with E-state index in [1.807, 2.05) is 0 Å². The minimum Gasteiger partial charge on any atom is -0.497 e. The number of carbonyl (C=O) groups is 2. The SMILES string of the molecule is C=CCNC(=O)c1cc2c(n(-c3ccc(OC)cc3)c1=O)CCCC2=O. The lowest BCUT2D eigenvalue weighted by molar-refractivity contribution is 0.0956. The molecule has 0 aliphatic heterocycles. The molecule has 0 unspecified atom stereocenters. The molecule has 1 aromatic heterocycles. The fourth-order valence-corrected chi connectivity index (χ4v) is 3.12. The van der Waals surface area contributed by atoms with Gasteiger partial charge in [0.1, 0.15) is 11.3 Å². The van der Waals surface area contributed by atoms with Crippen LogP contribution >= 0.6 is 0 Å². The molecule has 2 aromatic rings. The van der Waals surface area contributed by atoms with Crippen molar-refractivity contribution in [1.29, 1.82) is 0 Å². The Bertz CT molecular complexity index is 926. The van der Waals surface area contributed by atoms with Crippen LogP contribution in [0.1, 0.15) is 39.3 Å². The highest BCUT2D eigenvalue weighted by Gasteiger charge is 2.26. The van der Waals surface area contributed by atoms with E-state index in [4.69, 9.17) is 4.74 Å². The smallest absolute Gasteiger partial charge is 0.268 e. The maximum atomic E-state index is 13.0. The number of aromatic nitrogens is 1. The van der Waals surface area contributed by atoms with Gasteiger partial charge in [-0.15, -0.1) is 6.58 Å². The van der Waals surface area contributed by atoms with Crippen molar-refractivity contribution in [3.63, 3.8) is 0 Å². The molecule has 3 rings (SSSR count). The number of hydrogen-bond acceptors (Lipinski definition) is 4. The first-order chi connectivity index (χ1) is 12.6. The van der Waals surface area contributed by atoms with E-state index < -0.39 is 11.5 Å². The monoisotopic (exact) mass is 352 g/mol. The Balaban J connectivity index is 2.21. The number of carbonyl (C=O) groups excluding carboxylic acids is 2. The lowest BCUT2D eigenvalue weighted by atomic mass is 9.92. The van der Waals surface area contributed by atoms with Crippen molar-refractivity contribution in [1.82, 2.24) is 9.88 Å². The maximum absolute atomic E-state index is 13.0. The first-order valence-electron chi connectivity index (χ1n) is 8.42. The zero-order valence-corrected chi connectivity index (χ0v) is 14.6. The summed E-state index contributed by atoms with van der Waals surface area (Å²) >= 11 is 0. The predicted molar refractivity (Wildman–Crippen MR) is 98.4 cm³/mol. The minimum atomic E-state index is -0.515. The molecule has 0 saturated heterocycles. The van der Waals surface area contributed by atoms with E-state index in [9.17, 15) is 14.4 Å². The molecule has 0 radical (unpaired) electrons. The van der Waals surface area contributed by atoms with E-state index in [-0.39, 0.29) is 17.9 Å². The molecule has 1 N–H and O–H groups in total. The molecular formula is C20H20N2O4. The van der Waals surface area contributed by atoms with Crippen LogP contribution in [0.3, 0.4) is 0 Å². The quantitative estimate of drug-likeness (QED) is 0.838. The van der Waals surface area contributed by atoms with Crippen molar-refractivity contribution < 1.29 is 14.3 Å². The molecule has 0 spiro atoms. The highest BCUT2D eigenvalue weighted by Crippen LogP contribution is 2.24. The number of ether oxygens (including phenoxy) is 1. The summed E-state index contributed by atoms with van der Waals surface area (Å²) in [5, 5.41) is 2.61. The number of methoxy groups -OCH3 is 1. The molecule has 26 heavy (non-hydrogen) atoms. The number of nitrogens with one attached hydrogen (secondary N) is 1. The second-order valence-corrected chi connectivity index (χ2v) is 6.03. The average molecular weight is 352 g/mol. The molecule has 6 nitrogen and oxygen atoms in total. The number of ketones is 1. The van der Waals surface area contributed by atoms with Crippen LogP contribution in [0.2, 0.25) is 0 Å². The van der Waals surface area contributed by atoms with Crippen molar-refractivity contribution in [3.05, 3.63) is 70.2 Å². The van der Waals surface area contributed by atoms with Crippen LogP contribution in [0.25, 0.3) is 5.69 Å². The fourth-order valence-electron chi connectivity index (χ4n) is 3.12. The average Bonchev–Trinajstić information content (AvgIpc) is 2.66. The van der Waals surface area contributed by atoms with Gasteiger partial charge in [-0.3, -0.25) is 19.0 Å². The number of nitrogens with zero attached hydrogens (tertiary/aromatic N) is 1. The minimum absolute atomic E-state index is 0.0448. The van der Waals surface area contributed by atoms with Gasteiger partial charge in [0.25, 0.3) is 11.5 Å². The summed E-state index contributed by atoms with van der Waals surface area (Å²) < 4.78 is 6.62. The van der Waals surface area contributed by atoms with Gasteiger partial charge in [0.15, 0.2) is 5.78 Å². The summed E-state index contributed by atoms with van der Waals surface area (Å²) in [6, 6.07) is 8.39. The van der Waals surface area contributed by atoms with Crippen molar-refractivity contribution >= 4 is 11.7 Å². The van der Waals surface area contributed by atoms with E-state index in [0.717, 1.165) is 0 Å². The van der Waals surface area contributed by atoms with Crippen molar-refractivity contribution in [3.8, 4) is 11.4 Å². The van der Waals surface area contributed by atoms with Gasteiger partial charge < -0.3 is 10.1 Å². The molecular weight excluding hydrogens is 332 g/mol. The lowest BCUT2D eigenvalue weighted by Gasteiger charge is -2.21. The molecule has 0 bridgehead atoms. The zero-order valence-electron chi connectivity index (χ0n) is 14.6. The Morgan fingerprint density at radius 1 is 1.27 bits per heavy atom. The zero-order chi connectivity index (χ0) is 18.7. The molecule has 1 aliphatic carbocycles. The second kappa shape index (κ2) is 7.39. The van der Waals surface area contributed by atoms with Crippen molar-refractivity contribution in [2.24, 2.45) is 0 Å². The third kappa shape index (κ3) is 3.18. The van der Waals surface area contributed by atoms with Gasteiger partial charge in [-0.05, 0) is 43.2 Å². The molecule has 1 aliphatic rings. The highest BCUT2D eigenvalue weighted by molar-refractivity contribution is 6.02. The molecule has 0 saturated carbocycles. The molecule has 1 aromatic carbocycles. The summed E-state index contributed by atoms with van der Waals surface area (Å²) in [6.07, 6.45) is 3.24. The van der Waals surface area contributed by atoms with Crippen LogP contribution in [0.5, 0.6) is 5.75 Å². The third-order valence-electron chi connectivity index (χ3n) is 4.40. The number of hydrogen-bond donors (Lipinski definition) is 1. The van der Waals surface area contributed by atoms with Crippen LogP contribution in [0.15, 0.2) is 47.8 Å². The van der Waals surface area contributed by atoms with Crippen LogP contribution < -0.4 is 15.6 Å². The van der Waals surface area contributed by atoms with Crippen LogP contribution in [-0.2, 0) is 6.42 Å². The summed E-state index contributed by atoms with van der Waals surface area (Å²) in [7, 11) is 1.56. The summed E-state index contributed by atoms with van der Waals surface area (Å²) in [5.41, 5.74) is 1.20. The van der Waals surface area contributed by atoms with Gasteiger partial charge in [-0.25, -0.2) is 0 Å². The first-order valence-corrected chi connectivity index (χ1v) is 8.42. The Hall–Kier alpha value is -3.15. The Labute approximate surface area is 151 Å². The molecule has 1 amide bonds. The van der Waals surface area contributed by atoms with Gasteiger partial charge >= 0.3 is 0 Å². The van der Waals surface area contributed by atoms with Crippen LogP contribution in [-0.4, -0.2) is 29.9 Å². The molecule has 6 heteroatoms. The van der Waals surface area contributed by atoms with E-state index >= 15 is 0 Å². The number of amides is 1. The van der Waals surface area contributed by atoms with Gasteiger partial charge in [0.2, 0.25) is 0 Å². The van der Waals surface area contributed by atoms with E-state index in [1.165, 1.54) is 16.7 Å². The third-order valence-corrected chi connectivity index (χ3v) is 4.40. The first kappa shape index (κ1) is 17.7. The fraction of sp³-hybridized carbons (Fsp3) is 0.250. The topological polar surface area (TPSA) is 77.4 Å². The Morgan fingerprint density at radius 2 is 2.00 bits per heavy atom. The molecule has 1 heterocycles.